The lowest BCUT2D eigenvalue weighted by Gasteiger charge is -2.33. The zero-order chi connectivity index (χ0) is 18.7. The highest BCUT2D eigenvalue weighted by molar-refractivity contribution is 9.10. The zero-order valence-electron chi connectivity index (χ0n) is 14.5. The SMILES string of the molecule is CN=CC=C(N)C(=O)Nc1c[nH]c2ncc(Br)c(N3CCC[C@@H](N)C3)c12. The highest BCUT2D eigenvalue weighted by Crippen LogP contribution is 2.38. The molecule has 0 bridgehead atoms. The van der Waals surface area contributed by atoms with Gasteiger partial charge in [0, 0.05) is 44.8 Å². The van der Waals surface area contributed by atoms with Crippen LogP contribution in [0.5, 0.6) is 0 Å². The number of nitrogens with one attached hydrogen (secondary N) is 2. The molecule has 1 fully saturated rings. The van der Waals surface area contributed by atoms with E-state index < -0.39 is 5.91 Å². The van der Waals surface area contributed by atoms with Gasteiger partial charge in [0.2, 0.25) is 0 Å². The van der Waals surface area contributed by atoms with Crippen molar-refractivity contribution in [2.24, 2.45) is 16.5 Å². The number of hydrogen-bond donors (Lipinski definition) is 4. The Morgan fingerprint density at radius 1 is 1.58 bits per heavy atom. The number of pyridine rings is 1. The highest BCUT2D eigenvalue weighted by atomic mass is 79.9. The molecule has 1 aliphatic heterocycles. The number of rotatable bonds is 4. The van der Waals surface area contributed by atoms with Crippen molar-refractivity contribution in [2.45, 2.75) is 18.9 Å². The van der Waals surface area contributed by atoms with E-state index in [0.29, 0.717) is 11.3 Å². The quantitative estimate of drug-likeness (QED) is 0.443. The van der Waals surface area contributed by atoms with E-state index in [1.165, 1.54) is 12.3 Å². The molecule has 0 aliphatic carbocycles. The van der Waals surface area contributed by atoms with Crippen molar-refractivity contribution < 1.29 is 4.79 Å². The Balaban J connectivity index is 2.00. The average Bonchev–Trinajstić information content (AvgIpc) is 3.02. The fraction of sp³-hybridized carbons (Fsp3) is 0.353. The Kier molecular flexibility index (Phi) is 5.58. The van der Waals surface area contributed by atoms with Crippen LogP contribution in [0.3, 0.4) is 0 Å². The number of aromatic nitrogens is 2. The molecule has 138 valence electrons. The first-order valence-corrected chi connectivity index (χ1v) is 9.16. The molecule has 0 radical (unpaired) electrons. The number of fused-ring (bicyclic) bond motifs is 1. The zero-order valence-corrected chi connectivity index (χ0v) is 16.1. The van der Waals surface area contributed by atoms with Crippen LogP contribution in [-0.4, -0.2) is 48.3 Å². The molecule has 1 saturated heterocycles. The molecule has 8 nitrogen and oxygen atoms in total. The summed E-state index contributed by atoms with van der Waals surface area (Å²) in [5.41, 5.74) is 14.3. The molecule has 1 atom stereocenters. The maximum Gasteiger partial charge on any atom is 0.271 e. The van der Waals surface area contributed by atoms with Crippen LogP contribution in [0.15, 0.2) is 33.6 Å². The number of hydrogen-bond acceptors (Lipinski definition) is 6. The van der Waals surface area contributed by atoms with Crippen molar-refractivity contribution in [3.8, 4) is 0 Å². The van der Waals surface area contributed by atoms with E-state index in [1.807, 2.05) is 0 Å². The third kappa shape index (κ3) is 3.73. The summed E-state index contributed by atoms with van der Waals surface area (Å²) in [6.45, 7) is 1.66. The minimum absolute atomic E-state index is 0.0782. The number of nitrogens with zero attached hydrogens (tertiary/aromatic N) is 3. The predicted octanol–water partition coefficient (Wildman–Crippen LogP) is 1.73. The summed E-state index contributed by atoms with van der Waals surface area (Å²) in [6.07, 6.45) is 8.45. The molecule has 1 amide bonds. The van der Waals surface area contributed by atoms with Crippen molar-refractivity contribution in [3.63, 3.8) is 0 Å². The molecule has 2 aromatic rings. The molecular formula is C17H22BrN7O. The summed E-state index contributed by atoms with van der Waals surface area (Å²) in [5.74, 6) is -0.396. The Labute approximate surface area is 159 Å². The molecule has 2 aromatic heterocycles. The van der Waals surface area contributed by atoms with Crippen LogP contribution < -0.4 is 21.7 Å². The molecule has 6 N–H and O–H groups in total. The summed E-state index contributed by atoms with van der Waals surface area (Å²) in [4.78, 5) is 25.9. The van der Waals surface area contributed by atoms with E-state index in [9.17, 15) is 4.79 Å². The smallest absolute Gasteiger partial charge is 0.271 e. The van der Waals surface area contributed by atoms with Gasteiger partial charge in [0.05, 0.1) is 26.9 Å². The van der Waals surface area contributed by atoms with Gasteiger partial charge in [0.1, 0.15) is 5.65 Å². The van der Waals surface area contributed by atoms with E-state index in [1.54, 1.807) is 19.4 Å². The van der Waals surface area contributed by atoms with Crippen LogP contribution >= 0.6 is 15.9 Å². The number of amides is 1. The van der Waals surface area contributed by atoms with E-state index in [2.05, 4.69) is 41.1 Å². The second kappa shape index (κ2) is 7.88. The number of piperidine rings is 1. The van der Waals surface area contributed by atoms with Crippen molar-refractivity contribution in [1.82, 2.24) is 9.97 Å². The van der Waals surface area contributed by atoms with E-state index in [4.69, 9.17) is 11.5 Å². The topological polar surface area (TPSA) is 125 Å². The highest BCUT2D eigenvalue weighted by Gasteiger charge is 2.24. The molecule has 3 heterocycles. The first kappa shape index (κ1) is 18.4. The van der Waals surface area contributed by atoms with Crippen LogP contribution in [0.4, 0.5) is 11.4 Å². The van der Waals surface area contributed by atoms with Crippen molar-refractivity contribution >= 4 is 50.5 Å². The lowest BCUT2D eigenvalue weighted by Crippen LogP contribution is -2.43. The van der Waals surface area contributed by atoms with E-state index in [-0.39, 0.29) is 11.7 Å². The third-order valence-corrected chi connectivity index (χ3v) is 4.90. The standard InChI is InChI=1S/C17H22BrN7O/c1-21-5-4-12(20)17(26)24-13-8-23-16-14(13)15(11(18)7-22-16)25-6-2-3-10(19)9-25/h4-5,7-8,10H,2-3,6,9,19-20H2,1H3,(H,22,23)(H,24,26)/t10-/m1/s1. The first-order valence-electron chi connectivity index (χ1n) is 8.36. The summed E-state index contributed by atoms with van der Waals surface area (Å²) >= 11 is 3.60. The van der Waals surface area contributed by atoms with Gasteiger partial charge in [-0.2, -0.15) is 0 Å². The fourth-order valence-electron chi connectivity index (χ4n) is 3.10. The minimum Gasteiger partial charge on any atom is -0.394 e. The molecule has 0 aromatic carbocycles. The Bertz CT molecular complexity index is 873. The van der Waals surface area contributed by atoms with Gasteiger partial charge >= 0.3 is 0 Å². The molecular weight excluding hydrogens is 398 g/mol. The maximum atomic E-state index is 12.3. The van der Waals surface area contributed by atoms with Gasteiger partial charge in [-0.25, -0.2) is 4.98 Å². The third-order valence-electron chi connectivity index (χ3n) is 4.32. The Hall–Kier alpha value is -2.39. The van der Waals surface area contributed by atoms with Crippen LogP contribution in [0.25, 0.3) is 11.0 Å². The largest absolute Gasteiger partial charge is 0.394 e. The average molecular weight is 420 g/mol. The monoisotopic (exact) mass is 419 g/mol. The molecule has 0 spiro atoms. The molecule has 26 heavy (non-hydrogen) atoms. The number of halogens is 1. The minimum atomic E-state index is -0.396. The second-order valence-electron chi connectivity index (χ2n) is 6.21. The normalized spacial score (nSPS) is 18.7. The van der Waals surface area contributed by atoms with Gasteiger partial charge in [-0.1, -0.05) is 0 Å². The summed E-state index contributed by atoms with van der Waals surface area (Å²) in [7, 11) is 1.61. The number of aliphatic imine (C=N–C) groups is 1. The van der Waals surface area contributed by atoms with Gasteiger partial charge in [-0.15, -0.1) is 0 Å². The number of nitrogens with two attached hydrogens (primary N) is 2. The number of H-pyrrole nitrogens is 1. The van der Waals surface area contributed by atoms with E-state index in [0.717, 1.165) is 41.5 Å². The van der Waals surface area contributed by atoms with Gasteiger partial charge in [-0.3, -0.25) is 9.79 Å². The number of anilines is 2. The summed E-state index contributed by atoms with van der Waals surface area (Å²) in [5, 5.41) is 3.68. The van der Waals surface area contributed by atoms with E-state index >= 15 is 0 Å². The lowest BCUT2D eigenvalue weighted by atomic mass is 10.1. The number of carbonyl (C=O) groups is 1. The van der Waals surface area contributed by atoms with Gasteiger partial charge in [0.15, 0.2) is 0 Å². The van der Waals surface area contributed by atoms with Crippen LogP contribution in [-0.2, 0) is 4.79 Å². The first-order chi connectivity index (χ1) is 12.5. The van der Waals surface area contributed by atoms with Crippen molar-refractivity contribution in [1.29, 1.82) is 0 Å². The predicted molar refractivity (Wildman–Crippen MR) is 109 cm³/mol. The number of aromatic amines is 1. The molecule has 3 rings (SSSR count). The van der Waals surface area contributed by atoms with Crippen molar-refractivity contribution in [2.75, 3.05) is 30.4 Å². The number of allylic oxidation sites excluding steroid dienone is 1. The molecule has 1 aliphatic rings. The van der Waals surface area contributed by atoms with Crippen LogP contribution in [0.2, 0.25) is 0 Å². The summed E-state index contributed by atoms with van der Waals surface area (Å²) < 4.78 is 0.857. The number of carbonyl (C=O) groups excluding carboxylic acids is 1. The maximum absolute atomic E-state index is 12.3. The van der Waals surface area contributed by atoms with Gasteiger partial charge in [-0.05, 0) is 34.8 Å². The van der Waals surface area contributed by atoms with Crippen molar-refractivity contribution in [3.05, 3.63) is 28.6 Å². The molecule has 0 unspecified atom stereocenters. The van der Waals surface area contributed by atoms with Gasteiger partial charge in [0.25, 0.3) is 5.91 Å². The second-order valence-corrected chi connectivity index (χ2v) is 7.07. The Morgan fingerprint density at radius 2 is 2.38 bits per heavy atom. The lowest BCUT2D eigenvalue weighted by molar-refractivity contribution is -0.112. The van der Waals surface area contributed by atoms with Gasteiger partial charge < -0.3 is 26.7 Å². The van der Waals surface area contributed by atoms with Crippen LogP contribution in [0, 0.1) is 0 Å². The summed E-state index contributed by atoms with van der Waals surface area (Å²) in [6, 6.07) is 0.128. The fourth-order valence-corrected chi connectivity index (χ4v) is 3.65. The molecule has 9 heteroatoms. The van der Waals surface area contributed by atoms with Crippen LogP contribution in [0.1, 0.15) is 12.8 Å². The Morgan fingerprint density at radius 3 is 3.12 bits per heavy atom. The molecule has 0 saturated carbocycles.